The monoisotopic (exact) mass is 357 g/mol. The Morgan fingerprint density at radius 1 is 1.25 bits per heavy atom. The highest BCUT2D eigenvalue weighted by Gasteiger charge is 2.07. The Kier molecular flexibility index (Phi) is 5.26. The fraction of sp³-hybridized carbons (Fsp3) is 0.200. The summed E-state index contributed by atoms with van der Waals surface area (Å²) < 4.78 is 19.1. The van der Waals surface area contributed by atoms with Gasteiger partial charge in [-0.15, -0.1) is 0 Å². The summed E-state index contributed by atoms with van der Waals surface area (Å²) in [5.41, 5.74) is 1.77. The molecule has 20 heavy (non-hydrogen) atoms. The van der Waals surface area contributed by atoms with Gasteiger partial charge in [0.2, 0.25) is 0 Å². The summed E-state index contributed by atoms with van der Waals surface area (Å²) in [6.07, 6.45) is 0. The zero-order chi connectivity index (χ0) is 14.5. The van der Waals surface area contributed by atoms with E-state index in [1.54, 1.807) is 0 Å². The summed E-state index contributed by atoms with van der Waals surface area (Å²) in [6, 6.07) is 10.5. The van der Waals surface area contributed by atoms with E-state index in [4.69, 9.17) is 16.3 Å². The normalized spacial score (nSPS) is 10.4. The maximum absolute atomic E-state index is 13.1. The molecule has 0 amide bonds. The van der Waals surface area contributed by atoms with Gasteiger partial charge in [-0.2, -0.15) is 0 Å². The number of ether oxygens (including phenoxy) is 1. The van der Waals surface area contributed by atoms with Crippen LogP contribution in [0.25, 0.3) is 0 Å². The lowest BCUT2D eigenvalue weighted by molar-refractivity contribution is 0.340. The lowest BCUT2D eigenvalue weighted by Crippen LogP contribution is -2.01. The Morgan fingerprint density at radius 2 is 1.95 bits per heavy atom. The van der Waals surface area contributed by atoms with Crippen LogP contribution in [-0.4, -0.2) is 6.61 Å². The summed E-state index contributed by atoms with van der Waals surface area (Å²) in [4.78, 5) is 0. The van der Waals surface area contributed by atoms with Gasteiger partial charge in [0.15, 0.2) is 0 Å². The van der Waals surface area contributed by atoms with E-state index in [-0.39, 0.29) is 5.82 Å². The van der Waals surface area contributed by atoms with E-state index >= 15 is 0 Å². The molecule has 0 atom stereocenters. The van der Waals surface area contributed by atoms with Crippen LogP contribution in [-0.2, 0) is 6.54 Å². The first-order chi connectivity index (χ1) is 9.60. The zero-order valence-electron chi connectivity index (χ0n) is 10.9. The van der Waals surface area contributed by atoms with Crippen LogP contribution in [0.4, 0.5) is 10.1 Å². The third-order valence-corrected chi connectivity index (χ3v) is 3.63. The van der Waals surface area contributed by atoms with Crippen molar-refractivity contribution in [2.75, 3.05) is 11.9 Å². The fourth-order valence-corrected chi connectivity index (χ4v) is 2.73. The van der Waals surface area contributed by atoms with Crippen LogP contribution in [0.3, 0.4) is 0 Å². The number of hydrogen-bond donors (Lipinski definition) is 1. The van der Waals surface area contributed by atoms with Gasteiger partial charge in [0.1, 0.15) is 11.6 Å². The van der Waals surface area contributed by atoms with Crippen molar-refractivity contribution in [3.05, 3.63) is 57.3 Å². The zero-order valence-corrected chi connectivity index (χ0v) is 13.3. The number of rotatable bonds is 5. The van der Waals surface area contributed by atoms with Crippen LogP contribution in [0.5, 0.6) is 5.75 Å². The van der Waals surface area contributed by atoms with E-state index in [0.717, 1.165) is 11.3 Å². The van der Waals surface area contributed by atoms with Gasteiger partial charge >= 0.3 is 0 Å². The first kappa shape index (κ1) is 15.1. The molecule has 0 heterocycles. The first-order valence-corrected chi connectivity index (χ1v) is 7.37. The molecule has 0 saturated carbocycles. The van der Waals surface area contributed by atoms with Crippen molar-refractivity contribution in [1.82, 2.24) is 0 Å². The van der Waals surface area contributed by atoms with Crippen molar-refractivity contribution < 1.29 is 9.13 Å². The van der Waals surface area contributed by atoms with E-state index < -0.39 is 0 Å². The first-order valence-electron chi connectivity index (χ1n) is 6.20. The van der Waals surface area contributed by atoms with Crippen molar-refractivity contribution in [3.63, 3.8) is 0 Å². The van der Waals surface area contributed by atoms with Crippen molar-refractivity contribution >= 4 is 33.2 Å². The molecule has 0 bridgehead atoms. The number of anilines is 1. The fourth-order valence-electron chi connectivity index (χ4n) is 1.77. The van der Waals surface area contributed by atoms with Gasteiger partial charge in [-0.3, -0.25) is 0 Å². The highest BCUT2D eigenvalue weighted by molar-refractivity contribution is 9.10. The number of nitrogens with one attached hydrogen (secondary N) is 1. The van der Waals surface area contributed by atoms with Crippen molar-refractivity contribution in [2.24, 2.45) is 0 Å². The van der Waals surface area contributed by atoms with Crippen LogP contribution < -0.4 is 10.1 Å². The van der Waals surface area contributed by atoms with E-state index in [1.165, 1.54) is 12.1 Å². The van der Waals surface area contributed by atoms with Gasteiger partial charge in [0, 0.05) is 11.0 Å². The van der Waals surface area contributed by atoms with Crippen LogP contribution >= 0.6 is 27.5 Å². The molecular weight excluding hydrogens is 345 g/mol. The van der Waals surface area contributed by atoms with Crippen LogP contribution in [0.15, 0.2) is 40.9 Å². The van der Waals surface area contributed by atoms with Gasteiger partial charge in [-0.1, -0.05) is 23.7 Å². The minimum absolute atomic E-state index is 0.350. The quantitative estimate of drug-likeness (QED) is 0.788. The molecule has 2 rings (SSSR count). The Bertz CT molecular complexity index is 566. The SMILES string of the molecule is CCOc1ccc(CNc2c(Cl)cc(F)cc2Br)cc1. The maximum Gasteiger partial charge on any atom is 0.125 e. The minimum atomic E-state index is -0.367. The summed E-state index contributed by atoms with van der Waals surface area (Å²) in [5, 5.41) is 3.54. The average molecular weight is 359 g/mol. The van der Waals surface area contributed by atoms with Gasteiger partial charge in [0.05, 0.1) is 17.3 Å². The molecule has 0 saturated heterocycles. The second-order valence-electron chi connectivity index (χ2n) is 4.17. The Hall–Kier alpha value is -1.26. The molecule has 106 valence electrons. The Morgan fingerprint density at radius 3 is 2.55 bits per heavy atom. The van der Waals surface area contributed by atoms with E-state index in [9.17, 15) is 4.39 Å². The van der Waals surface area contributed by atoms with Crippen LogP contribution in [0.2, 0.25) is 5.02 Å². The largest absolute Gasteiger partial charge is 0.494 e. The second kappa shape index (κ2) is 6.95. The topological polar surface area (TPSA) is 21.3 Å². The smallest absolute Gasteiger partial charge is 0.125 e. The Balaban J connectivity index is 2.05. The van der Waals surface area contributed by atoms with Crippen molar-refractivity contribution in [2.45, 2.75) is 13.5 Å². The number of hydrogen-bond acceptors (Lipinski definition) is 2. The van der Waals surface area contributed by atoms with Crippen LogP contribution in [0, 0.1) is 5.82 Å². The lowest BCUT2D eigenvalue weighted by Gasteiger charge is -2.11. The number of benzene rings is 2. The third kappa shape index (κ3) is 3.87. The molecule has 0 radical (unpaired) electrons. The molecule has 2 nitrogen and oxygen atoms in total. The molecule has 0 aliphatic heterocycles. The van der Waals surface area contributed by atoms with Crippen LogP contribution in [0.1, 0.15) is 12.5 Å². The molecule has 0 spiro atoms. The molecule has 2 aromatic rings. The summed E-state index contributed by atoms with van der Waals surface area (Å²) in [6.45, 7) is 3.19. The van der Waals surface area contributed by atoms with E-state index in [0.29, 0.717) is 28.3 Å². The highest BCUT2D eigenvalue weighted by atomic mass is 79.9. The summed E-state index contributed by atoms with van der Waals surface area (Å²) in [5.74, 6) is 0.478. The summed E-state index contributed by atoms with van der Waals surface area (Å²) in [7, 11) is 0. The van der Waals surface area contributed by atoms with Crippen molar-refractivity contribution in [3.8, 4) is 5.75 Å². The van der Waals surface area contributed by atoms with E-state index in [2.05, 4.69) is 21.2 Å². The lowest BCUT2D eigenvalue weighted by atomic mass is 10.2. The van der Waals surface area contributed by atoms with Gasteiger partial charge in [-0.25, -0.2) is 4.39 Å². The standard InChI is InChI=1S/C15H14BrClFNO/c1-2-20-12-5-3-10(4-6-12)9-19-15-13(16)7-11(18)8-14(15)17/h3-8,19H,2,9H2,1H3. The molecule has 0 aromatic heterocycles. The average Bonchev–Trinajstić information content (AvgIpc) is 2.39. The second-order valence-corrected chi connectivity index (χ2v) is 5.44. The molecule has 0 aliphatic rings. The molecule has 5 heteroatoms. The predicted molar refractivity (Wildman–Crippen MR) is 84.0 cm³/mol. The third-order valence-electron chi connectivity index (χ3n) is 2.71. The van der Waals surface area contributed by atoms with Crippen molar-refractivity contribution in [1.29, 1.82) is 0 Å². The molecule has 0 fully saturated rings. The van der Waals surface area contributed by atoms with E-state index in [1.807, 2.05) is 31.2 Å². The number of halogens is 3. The minimum Gasteiger partial charge on any atom is -0.494 e. The molecular formula is C15H14BrClFNO. The molecule has 1 N–H and O–H groups in total. The molecule has 2 aromatic carbocycles. The van der Waals surface area contributed by atoms with Gasteiger partial charge < -0.3 is 10.1 Å². The van der Waals surface area contributed by atoms with Gasteiger partial charge in [-0.05, 0) is 52.7 Å². The van der Waals surface area contributed by atoms with Gasteiger partial charge in [0.25, 0.3) is 0 Å². The summed E-state index contributed by atoms with van der Waals surface area (Å²) >= 11 is 9.31. The predicted octanol–water partition coefficient (Wildman–Crippen LogP) is 5.25. The molecule has 0 unspecified atom stereocenters. The maximum atomic E-state index is 13.1. The highest BCUT2D eigenvalue weighted by Crippen LogP contribution is 2.32. The molecule has 0 aliphatic carbocycles. The Labute approximate surface area is 131 Å².